The molecule has 0 atom stereocenters. The minimum Gasteiger partial charge on any atom is -0.348 e. The van der Waals surface area contributed by atoms with E-state index in [9.17, 15) is 27.2 Å². The summed E-state index contributed by atoms with van der Waals surface area (Å²) in [4.78, 5) is 33.2. The van der Waals surface area contributed by atoms with Gasteiger partial charge in [-0.2, -0.15) is 0 Å². The highest BCUT2D eigenvalue weighted by Crippen LogP contribution is 2.30. The average molecular weight is 497 g/mol. The van der Waals surface area contributed by atoms with Crippen molar-refractivity contribution in [3.63, 3.8) is 0 Å². The smallest absolute Gasteiger partial charge is 0.324 e. The highest BCUT2D eigenvalue weighted by molar-refractivity contribution is 5.99. The molecule has 3 amide bonds. The molecule has 0 bridgehead atoms. The first-order valence-corrected chi connectivity index (χ1v) is 10.9. The Hall–Kier alpha value is -4.41. The number of anilines is 1. The summed E-state index contributed by atoms with van der Waals surface area (Å²) in [6.45, 7) is -0.109. The lowest BCUT2D eigenvalue weighted by Gasteiger charge is -2.35. The van der Waals surface area contributed by atoms with Gasteiger partial charge in [0.1, 0.15) is 28.9 Å². The summed E-state index contributed by atoms with van der Waals surface area (Å²) in [6.07, 6.45) is 2.89. The quantitative estimate of drug-likeness (QED) is 0.416. The number of carbonyl (C=O) groups excluding carboxylic acids is 2. The second-order valence-electron chi connectivity index (χ2n) is 8.44. The van der Waals surface area contributed by atoms with Crippen molar-refractivity contribution in [3.8, 4) is 0 Å². The van der Waals surface area contributed by atoms with Gasteiger partial charge in [-0.05, 0) is 29.8 Å². The van der Waals surface area contributed by atoms with E-state index in [2.05, 4.69) is 10.3 Å². The molecule has 0 spiro atoms. The Morgan fingerprint density at radius 1 is 1.00 bits per heavy atom. The topological polar surface area (TPSA) is 70.0 Å². The minimum absolute atomic E-state index is 0.0660. The van der Waals surface area contributed by atoms with Crippen LogP contribution in [0.5, 0.6) is 0 Å². The van der Waals surface area contributed by atoms with Crippen LogP contribution in [0.2, 0.25) is 0 Å². The van der Waals surface area contributed by atoms with E-state index < -0.39 is 41.3 Å². The van der Waals surface area contributed by atoms with Crippen molar-refractivity contribution in [3.05, 3.63) is 101 Å². The summed E-state index contributed by atoms with van der Waals surface area (Å²) in [7, 11) is 1.64. The van der Waals surface area contributed by atoms with Gasteiger partial charge in [-0.25, -0.2) is 27.3 Å². The number of halogens is 4. The Balaban J connectivity index is 1.41. The molecule has 1 N–H and O–H groups in total. The van der Waals surface area contributed by atoms with E-state index in [1.54, 1.807) is 25.4 Å². The molecule has 2 aromatic heterocycles. The predicted molar refractivity (Wildman–Crippen MR) is 122 cm³/mol. The molecule has 3 heterocycles. The van der Waals surface area contributed by atoms with E-state index in [-0.39, 0.29) is 18.1 Å². The zero-order valence-electron chi connectivity index (χ0n) is 18.9. The van der Waals surface area contributed by atoms with Crippen LogP contribution in [0.15, 0.2) is 54.9 Å². The van der Waals surface area contributed by atoms with Crippen LogP contribution in [-0.4, -0.2) is 33.3 Å². The van der Waals surface area contributed by atoms with Gasteiger partial charge in [-0.3, -0.25) is 9.69 Å². The van der Waals surface area contributed by atoms with Gasteiger partial charge < -0.3 is 14.6 Å². The molecule has 0 saturated heterocycles. The number of fused-ring (bicyclic) bond motifs is 2. The molecule has 5 rings (SSSR count). The maximum absolute atomic E-state index is 13.9. The van der Waals surface area contributed by atoms with Crippen molar-refractivity contribution in [1.82, 2.24) is 19.6 Å². The molecular formula is C25H19F4N5O2. The predicted octanol–water partition coefficient (Wildman–Crippen LogP) is 4.39. The van der Waals surface area contributed by atoms with Crippen molar-refractivity contribution in [2.75, 3.05) is 11.9 Å². The van der Waals surface area contributed by atoms with Gasteiger partial charge in [0.15, 0.2) is 0 Å². The highest BCUT2D eigenvalue weighted by atomic mass is 19.1. The number of pyridine rings is 1. The van der Waals surface area contributed by atoms with Crippen molar-refractivity contribution in [2.45, 2.75) is 19.6 Å². The number of amides is 3. The molecule has 0 unspecified atom stereocenters. The van der Waals surface area contributed by atoms with Crippen LogP contribution in [-0.2, 0) is 19.6 Å². The first-order valence-electron chi connectivity index (χ1n) is 10.9. The fourth-order valence-electron chi connectivity index (χ4n) is 4.14. The molecular weight excluding hydrogens is 478 g/mol. The van der Waals surface area contributed by atoms with E-state index in [4.69, 9.17) is 0 Å². The number of aromatic nitrogens is 2. The summed E-state index contributed by atoms with van der Waals surface area (Å²) in [5.74, 6) is -4.33. The number of nitrogens with zero attached hydrogens (tertiary/aromatic N) is 4. The molecule has 0 radical (unpaired) electrons. The number of imidazole rings is 1. The third-order valence-corrected chi connectivity index (χ3v) is 5.92. The van der Waals surface area contributed by atoms with Crippen LogP contribution < -0.4 is 10.2 Å². The van der Waals surface area contributed by atoms with E-state index in [1.165, 1.54) is 38.6 Å². The Bertz CT molecular complexity index is 1500. The zero-order valence-corrected chi connectivity index (χ0v) is 18.9. The number of nitrogens with one attached hydrogen (secondary N) is 1. The van der Waals surface area contributed by atoms with Gasteiger partial charge in [0, 0.05) is 55.8 Å². The fourth-order valence-corrected chi connectivity index (χ4v) is 4.14. The number of carbonyl (C=O) groups is 2. The molecule has 11 heteroatoms. The zero-order chi connectivity index (χ0) is 25.6. The van der Waals surface area contributed by atoms with Gasteiger partial charge >= 0.3 is 6.03 Å². The summed E-state index contributed by atoms with van der Waals surface area (Å²) < 4.78 is 56.0. The number of urea groups is 1. The van der Waals surface area contributed by atoms with Crippen molar-refractivity contribution < 1.29 is 27.2 Å². The molecule has 4 aromatic rings. The molecule has 0 aliphatic carbocycles. The van der Waals surface area contributed by atoms with Crippen LogP contribution in [0.4, 0.5) is 28.0 Å². The lowest BCUT2D eigenvalue weighted by atomic mass is 10.0. The molecule has 0 saturated carbocycles. The fraction of sp³-hybridized carbons (Fsp3) is 0.160. The van der Waals surface area contributed by atoms with Crippen LogP contribution >= 0.6 is 0 Å². The Morgan fingerprint density at radius 3 is 2.50 bits per heavy atom. The molecule has 1 aliphatic heterocycles. The normalized spacial score (nSPS) is 13.3. The minimum atomic E-state index is -1.11. The largest absolute Gasteiger partial charge is 0.348 e. The van der Waals surface area contributed by atoms with Gasteiger partial charge in [0.2, 0.25) is 0 Å². The number of benzene rings is 2. The standard InChI is InChI=1S/C25H19F4N5O2/c1-32-10-15-3-2-14(24(35)30-9-19-20(28)7-17(27)8-21(19)29)6-22(15)34(25(32)36)13-18-12-33-11-16(26)4-5-23(33)31-18/h2-8,11-12H,9-10,13H2,1H3,(H,30,35). The summed E-state index contributed by atoms with van der Waals surface area (Å²) in [5, 5.41) is 2.42. The van der Waals surface area contributed by atoms with E-state index in [0.29, 0.717) is 35.7 Å². The first kappa shape index (κ1) is 23.3. The van der Waals surface area contributed by atoms with E-state index >= 15 is 0 Å². The lowest BCUT2D eigenvalue weighted by molar-refractivity contribution is 0.0950. The molecule has 36 heavy (non-hydrogen) atoms. The number of hydrogen-bond acceptors (Lipinski definition) is 3. The summed E-state index contributed by atoms with van der Waals surface area (Å²) >= 11 is 0. The highest BCUT2D eigenvalue weighted by Gasteiger charge is 2.29. The molecule has 2 aromatic carbocycles. The second kappa shape index (κ2) is 8.99. The maximum Gasteiger partial charge on any atom is 0.324 e. The summed E-state index contributed by atoms with van der Waals surface area (Å²) in [6, 6.07) is 8.32. The monoisotopic (exact) mass is 497 g/mol. The Kier molecular flexibility index (Phi) is 5.83. The van der Waals surface area contributed by atoms with Crippen LogP contribution in [0, 0.1) is 23.3 Å². The molecule has 0 fully saturated rings. The van der Waals surface area contributed by atoms with Gasteiger partial charge in [0.25, 0.3) is 5.91 Å². The Morgan fingerprint density at radius 2 is 1.75 bits per heavy atom. The van der Waals surface area contributed by atoms with Gasteiger partial charge in [-0.15, -0.1) is 0 Å². The number of hydrogen-bond donors (Lipinski definition) is 1. The summed E-state index contributed by atoms with van der Waals surface area (Å²) in [5.41, 5.74) is 1.97. The number of rotatable bonds is 5. The average Bonchev–Trinajstić information content (AvgIpc) is 3.22. The lowest BCUT2D eigenvalue weighted by Crippen LogP contribution is -2.45. The third-order valence-electron chi connectivity index (χ3n) is 5.92. The molecule has 1 aliphatic rings. The second-order valence-corrected chi connectivity index (χ2v) is 8.44. The Labute approximate surface area is 202 Å². The van der Waals surface area contributed by atoms with Gasteiger partial charge in [-0.1, -0.05) is 6.07 Å². The van der Waals surface area contributed by atoms with Gasteiger partial charge in [0.05, 0.1) is 17.9 Å². The molecule has 7 nitrogen and oxygen atoms in total. The maximum atomic E-state index is 13.9. The van der Waals surface area contributed by atoms with Crippen molar-refractivity contribution >= 4 is 23.3 Å². The van der Waals surface area contributed by atoms with Crippen molar-refractivity contribution in [1.29, 1.82) is 0 Å². The van der Waals surface area contributed by atoms with Crippen LogP contribution in [0.25, 0.3) is 5.65 Å². The first-order chi connectivity index (χ1) is 17.2. The van der Waals surface area contributed by atoms with Crippen molar-refractivity contribution in [2.24, 2.45) is 0 Å². The SMILES string of the molecule is CN1Cc2ccc(C(=O)NCc3c(F)cc(F)cc3F)cc2N(Cc2cn3cc(F)ccc3n2)C1=O. The third kappa shape index (κ3) is 4.35. The van der Waals surface area contributed by atoms with E-state index in [1.807, 2.05) is 0 Å². The van der Waals surface area contributed by atoms with Crippen LogP contribution in [0.1, 0.15) is 27.2 Å². The van der Waals surface area contributed by atoms with E-state index in [0.717, 1.165) is 5.56 Å². The van der Waals surface area contributed by atoms with Crippen LogP contribution in [0.3, 0.4) is 0 Å². The molecule has 184 valence electrons.